The van der Waals surface area contributed by atoms with Crippen molar-refractivity contribution in [1.82, 2.24) is 0 Å². The molecule has 0 amide bonds. The first kappa shape index (κ1) is 12.6. The number of aryl methyl sites for hydroxylation is 2. The van der Waals surface area contributed by atoms with E-state index in [0.29, 0.717) is 0 Å². The lowest BCUT2D eigenvalue weighted by Gasteiger charge is -2.13. The molecule has 0 aliphatic carbocycles. The molecule has 0 aliphatic heterocycles. The number of rotatable bonds is 4. The minimum atomic E-state index is 0.0187. The van der Waals surface area contributed by atoms with Crippen molar-refractivity contribution in [1.29, 1.82) is 0 Å². The molecule has 0 bridgehead atoms. The summed E-state index contributed by atoms with van der Waals surface area (Å²) in [5.74, 6) is 0. The molecule has 1 aromatic carbocycles. The highest BCUT2D eigenvalue weighted by atomic mass is 35.5. The van der Waals surface area contributed by atoms with Crippen LogP contribution in [0.4, 0.5) is 0 Å². The molecule has 17 heavy (non-hydrogen) atoms. The Morgan fingerprint density at radius 1 is 1.35 bits per heavy atom. The maximum atomic E-state index is 6.21. The third-order valence-electron chi connectivity index (χ3n) is 2.84. The molecule has 2 rings (SSSR count). The minimum absolute atomic E-state index is 0.0187. The Bertz CT molecular complexity index is 479. The number of nitrogens with two attached hydrogens (primary N) is 1. The van der Waals surface area contributed by atoms with Crippen LogP contribution in [0, 0.1) is 6.92 Å². The summed E-state index contributed by atoms with van der Waals surface area (Å²) in [5.41, 5.74) is 8.40. The molecule has 0 saturated heterocycles. The summed E-state index contributed by atoms with van der Waals surface area (Å²) in [4.78, 5) is 1.38. The van der Waals surface area contributed by atoms with Gasteiger partial charge in [-0.15, -0.1) is 11.3 Å². The van der Waals surface area contributed by atoms with E-state index >= 15 is 0 Å². The molecule has 1 nitrogen and oxygen atoms in total. The molecular formula is C14H16ClNS. The van der Waals surface area contributed by atoms with Gasteiger partial charge in [-0.2, -0.15) is 0 Å². The van der Waals surface area contributed by atoms with Gasteiger partial charge in [0.2, 0.25) is 0 Å². The molecule has 0 radical (unpaired) electrons. The lowest BCUT2D eigenvalue weighted by molar-refractivity contribution is 0.655. The summed E-state index contributed by atoms with van der Waals surface area (Å²) in [6, 6.07) is 10.3. The third kappa shape index (κ3) is 3.32. The summed E-state index contributed by atoms with van der Waals surface area (Å²) in [7, 11) is 0. The van der Waals surface area contributed by atoms with Gasteiger partial charge in [-0.05, 0) is 48.4 Å². The predicted molar refractivity (Wildman–Crippen MR) is 75.8 cm³/mol. The predicted octanol–water partition coefficient (Wildman–Crippen LogP) is 4.34. The first-order chi connectivity index (χ1) is 8.16. The molecule has 1 aromatic heterocycles. The average Bonchev–Trinajstić information content (AvgIpc) is 2.78. The summed E-state index contributed by atoms with van der Waals surface area (Å²) >= 11 is 7.99. The van der Waals surface area contributed by atoms with Crippen molar-refractivity contribution in [2.45, 2.75) is 25.8 Å². The molecule has 1 heterocycles. The van der Waals surface area contributed by atoms with E-state index in [1.54, 1.807) is 11.3 Å². The van der Waals surface area contributed by atoms with E-state index in [1.807, 2.05) is 19.1 Å². The number of hydrogen-bond donors (Lipinski definition) is 1. The average molecular weight is 266 g/mol. The van der Waals surface area contributed by atoms with Crippen LogP contribution in [0.15, 0.2) is 35.7 Å². The number of hydrogen-bond acceptors (Lipinski definition) is 2. The second-order valence-electron chi connectivity index (χ2n) is 4.25. The summed E-state index contributed by atoms with van der Waals surface area (Å²) in [6.45, 7) is 2.03. The Morgan fingerprint density at radius 2 is 2.18 bits per heavy atom. The van der Waals surface area contributed by atoms with Gasteiger partial charge in [0.15, 0.2) is 0 Å². The maximum Gasteiger partial charge on any atom is 0.0456 e. The summed E-state index contributed by atoms with van der Waals surface area (Å²) < 4.78 is 0. The quantitative estimate of drug-likeness (QED) is 0.874. The highest BCUT2D eigenvalue weighted by molar-refractivity contribution is 7.09. The van der Waals surface area contributed by atoms with E-state index in [4.69, 9.17) is 17.3 Å². The van der Waals surface area contributed by atoms with Gasteiger partial charge >= 0.3 is 0 Å². The monoisotopic (exact) mass is 265 g/mol. The first-order valence-electron chi connectivity index (χ1n) is 5.71. The Balaban J connectivity index is 2.01. The van der Waals surface area contributed by atoms with Gasteiger partial charge in [0.25, 0.3) is 0 Å². The SMILES string of the molecule is Cc1ccc(C(N)CCc2cccs2)c(Cl)c1. The topological polar surface area (TPSA) is 26.0 Å². The standard InChI is InChI=1S/C14H16ClNS/c1-10-4-6-12(13(15)9-10)14(16)7-5-11-3-2-8-17-11/h2-4,6,8-9,14H,5,7,16H2,1H3. The van der Waals surface area contributed by atoms with E-state index in [2.05, 4.69) is 23.6 Å². The molecule has 0 aliphatic rings. The van der Waals surface area contributed by atoms with Crippen molar-refractivity contribution in [2.75, 3.05) is 0 Å². The van der Waals surface area contributed by atoms with Gasteiger partial charge in [0.1, 0.15) is 0 Å². The fraction of sp³-hybridized carbons (Fsp3) is 0.286. The van der Waals surface area contributed by atoms with Crippen LogP contribution in [0.1, 0.15) is 28.5 Å². The molecule has 0 spiro atoms. The van der Waals surface area contributed by atoms with Crippen LogP contribution in [-0.4, -0.2) is 0 Å². The molecule has 90 valence electrons. The van der Waals surface area contributed by atoms with Crippen LogP contribution < -0.4 is 5.73 Å². The van der Waals surface area contributed by atoms with Crippen LogP contribution in [0.5, 0.6) is 0 Å². The molecule has 0 fully saturated rings. The minimum Gasteiger partial charge on any atom is -0.324 e. The van der Waals surface area contributed by atoms with Gasteiger partial charge in [0.05, 0.1) is 0 Å². The Kier molecular flexibility index (Phi) is 4.21. The zero-order valence-corrected chi connectivity index (χ0v) is 11.4. The maximum absolute atomic E-state index is 6.21. The first-order valence-corrected chi connectivity index (χ1v) is 6.96. The highest BCUT2D eigenvalue weighted by Gasteiger charge is 2.10. The molecule has 0 saturated carbocycles. The van der Waals surface area contributed by atoms with Crippen LogP contribution in [0.2, 0.25) is 5.02 Å². The summed E-state index contributed by atoms with van der Waals surface area (Å²) in [6.07, 6.45) is 1.95. The second kappa shape index (κ2) is 5.67. The fourth-order valence-electron chi connectivity index (χ4n) is 1.84. The molecule has 1 unspecified atom stereocenters. The van der Waals surface area contributed by atoms with Crippen LogP contribution >= 0.6 is 22.9 Å². The van der Waals surface area contributed by atoms with E-state index in [0.717, 1.165) is 23.4 Å². The lowest BCUT2D eigenvalue weighted by Crippen LogP contribution is -2.11. The van der Waals surface area contributed by atoms with E-state index in [1.165, 1.54) is 10.4 Å². The Labute approximate surface area is 111 Å². The van der Waals surface area contributed by atoms with Crippen molar-refractivity contribution >= 4 is 22.9 Å². The van der Waals surface area contributed by atoms with Crippen LogP contribution in [0.3, 0.4) is 0 Å². The van der Waals surface area contributed by atoms with E-state index in [-0.39, 0.29) is 6.04 Å². The van der Waals surface area contributed by atoms with Gasteiger partial charge in [0, 0.05) is 15.9 Å². The normalized spacial score (nSPS) is 12.6. The van der Waals surface area contributed by atoms with Gasteiger partial charge in [-0.25, -0.2) is 0 Å². The summed E-state index contributed by atoms with van der Waals surface area (Å²) in [5, 5.41) is 2.88. The van der Waals surface area contributed by atoms with Crippen LogP contribution in [-0.2, 0) is 6.42 Å². The number of benzene rings is 1. The highest BCUT2D eigenvalue weighted by Crippen LogP contribution is 2.26. The van der Waals surface area contributed by atoms with Crippen molar-refractivity contribution in [3.8, 4) is 0 Å². The molecular weight excluding hydrogens is 250 g/mol. The number of halogens is 1. The zero-order valence-electron chi connectivity index (χ0n) is 9.82. The van der Waals surface area contributed by atoms with Gasteiger partial charge in [-0.1, -0.05) is 29.8 Å². The van der Waals surface area contributed by atoms with Crippen molar-refractivity contribution < 1.29 is 0 Å². The lowest BCUT2D eigenvalue weighted by atomic mass is 10.0. The smallest absolute Gasteiger partial charge is 0.0456 e. The fourth-order valence-corrected chi connectivity index (χ4v) is 2.94. The Morgan fingerprint density at radius 3 is 2.82 bits per heavy atom. The van der Waals surface area contributed by atoms with Gasteiger partial charge < -0.3 is 5.73 Å². The molecule has 1 atom stereocenters. The molecule has 2 aromatic rings. The Hall–Kier alpha value is -0.830. The largest absolute Gasteiger partial charge is 0.324 e. The number of thiophene rings is 1. The van der Waals surface area contributed by atoms with Crippen molar-refractivity contribution in [3.05, 3.63) is 56.7 Å². The second-order valence-corrected chi connectivity index (χ2v) is 5.69. The van der Waals surface area contributed by atoms with E-state index < -0.39 is 0 Å². The van der Waals surface area contributed by atoms with Gasteiger partial charge in [-0.3, -0.25) is 0 Å². The zero-order chi connectivity index (χ0) is 12.3. The van der Waals surface area contributed by atoms with Crippen molar-refractivity contribution in [3.63, 3.8) is 0 Å². The molecule has 3 heteroatoms. The van der Waals surface area contributed by atoms with Crippen molar-refractivity contribution in [2.24, 2.45) is 5.73 Å². The van der Waals surface area contributed by atoms with Crippen LogP contribution in [0.25, 0.3) is 0 Å². The third-order valence-corrected chi connectivity index (χ3v) is 4.10. The molecule has 2 N–H and O–H groups in total. The van der Waals surface area contributed by atoms with E-state index in [9.17, 15) is 0 Å².